The lowest BCUT2D eigenvalue weighted by Crippen LogP contribution is -2.30. The van der Waals surface area contributed by atoms with Crippen LogP contribution in [0.2, 0.25) is 0 Å². The van der Waals surface area contributed by atoms with Crippen LogP contribution in [0.15, 0.2) is 0 Å². The van der Waals surface area contributed by atoms with Crippen LogP contribution in [0.5, 0.6) is 0 Å². The Kier molecular flexibility index (Phi) is 3.38. The molecule has 5 unspecified atom stereocenters. The average molecular weight is 264 g/mol. The second-order valence-corrected chi connectivity index (χ2v) is 6.63. The van der Waals surface area contributed by atoms with Gasteiger partial charge in [0.05, 0.1) is 11.9 Å². The molecule has 0 aromatic carbocycles. The van der Waals surface area contributed by atoms with E-state index in [-0.39, 0.29) is 11.9 Å². The molecular weight excluding hydrogens is 254 g/mol. The Morgan fingerprint density at radius 3 is 3.00 bits per heavy atom. The Morgan fingerprint density at radius 1 is 1.69 bits per heavy atom. The molecule has 0 aliphatic carbocycles. The average Bonchev–Trinajstić information content (AvgIpc) is 2.62. The molecule has 0 amide bonds. The zero-order chi connectivity index (χ0) is 11.9. The van der Waals surface area contributed by atoms with Crippen molar-refractivity contribution in [3.63, 3.8) is 0 Å². The summed E-state index contributed by atoms with van der Waals surface area (Å²) >= 11 is 0.983. The normalized spacial score (nSPS) is 41.5. The van der Waals surface area contributed by atoms with E-state index in [0.29, 0.717) is 0 Å². The van der Waals surface area contributed by atoms with Crippen molar-refractivity contribution in [3.8, 4) is 0 Å². The van der Waals surface area contributed by atoms with Crippen LogP contribution in [-0.2, 0) is 18.6 Å². The number of ether oxygens (including phenoxy) is 2. The zero-order valence-electron chi connectivity index (χ0n) is 8.44. The van der Waals surface area contributed by atoms with Gasteiger partial charge in [-0.3, -0.25) is 4.57 Å². The SMILES string of the molecule is [B]C1OC(COP(C)(=O)O)C2OC(=O)SC12. The van der Waals surface area contributed by atoms with Crippen molar-refractivity contribution in [2.75, 3.05) is 13.3 Å². The van der Waals surface area contributed by atoms with Gasteiger partial charge < -0.3 is 18.9 Å². The molecule has 2 aliphatic rings. The van der Waals surface area contributed by atoms with Gasteiger partial charge in [0, 0.05) is 12.7 Å². The van der Waals surface area contributed by atoms with E-state index in [1.807, 2.05) is 0 Å². The molecule has 2 fully saturated rings. The standard InChI is InChI=1S/C7H10BO6PS/c1-15(10,11)12-2-3-4-5(6(8)13-3)16-7(9)14-4/h3-6H,2H2,1H3,(H,10,11). The maximum absolute atomic E-state index is 11.0. The van der Waals surface area contributed by atoms with Gasteiger partial charge in [-0.1, -0.05) is 0 Å². The molecule has 2 saturated heterocycles. The largest absolute Gasteiger partial charge is 0.450 e. The van der Waals surface area contributed by atoms with Gasteiger partial charge in [-0.25, -0.2) is 4.79 Å². The first-order valence-electron chi connectivity index (χ1n) is 4.60. The highest BCUT2D eigenvalue weighted by molar-refractivity contribution is 8.14. The first-order chi connectivity index (χ1) is 7.37. The van der Waals surface area contributed by atoms with Gasteiger partial charge in [-0.15, -0.1) is 0 Å². The Bertz CT molecular complexity index is 346. The van der Waals surface area contributed by atoms with Crippen LogP contribution in [-0.4, -0.2) is 54.8 Å². The van der Waals surface area contributed by atoms with Gasteiger partial charge in [0.1, 0.15) is 20.1 Å². The van der Waals surface area contributed by atoms with Crippen LogP contribution >= 0.6 is 19.4 Å². The summed E-state index contributed by atoms with van der Waals surface area (Å²) in [4.78, 5) is 20.0. The smallest absolute Gasteiger partial charge is 0.368 e. The highest BCUT2D eigenvalue weighted by Gasteiger charge is 2.51. The summed E-state index contributed by atoms with van der Waals surface area (Å²) in [5.41, 5.74) is 0. The number of hydrogen-bond donors (Lipinski definition) is 1. The molecule has 2 aliphatic heterocycles. The molecule has 1 N–H and O–H groups in total. The first-order valence-corrected chi connectivity index (χ1v) is 7.50. The van der Waals surface area contributed by atoms with Crippen molar-refractivity contribution in [3.05, 3.63) is 0 Å². The fourth-order valence-corrected chi connectivity index (χ4v) is 3.00. The highest BCUT2D eigenvalue weighted by Crippen LogP contribution is 2.42. The van der Waals surface area contributed by atoms with Crippen LogP contribution in [0.4, 0.5) is 4.79 Å². The molecule has 5 atom stereocenters. The molecule has 0 bridgehead atoms. The van der Waals surface area contributed by atoms with Gasteiger partial charge in [-0.2, -0.15) is 0 Å². The van der Waals surface area contributed by atoms with Crippen LogP contribution in [0.1, 0.15) is 0 Å². The van der Waals surface area contributed by atoms with Gasteiger partial charge >= 0.3 is 12.9 Å². The molecular formula is C7H10BO6PS. The van der Waals surface area contributed by atoms with E-state index in [9.17, 15) is 9.36 Å². The van der Waals surface area contributed by atoms with Crippen LogP contribution in [0.25, 0.3) is 0 Å². The quantitative estimate of drug-likeness (QED) is 0.447. The summed E-state index contributed by atoms with van der Waals surface area (Å²) in [7, 11) is 2.09. The highest BCUT2D eigenvalue weighted by atomic mass is 32.2. The lowest BCUT2D eigenvalue weighted by atomic mass is 9.95. The number of hydrogen-bond acceptors (Lipinski definition) is 6. The molecule has 88 valence electrons. The second-order valence-electron chi connectivity index (χ2n) is 3.65. The molecule has 0 aromatic heterocycles. The van der Waals surface area contributed by atoms with E-state index >= 15 is 0 Å². The van der Waals surface area contributed by atoms with Crippen molar-refractivity contribution in [1.82, 2.24) is 0 Å². The van der Waals surface area contributed by atoms with Crippen molar-refractivity contribution in [1.29, 1.82) is 0 Å². The van der Waals surface area contributed by atoms with E-state index in [0.717, 1.165) is 18.4 Å². The van der Waals surface area contributed by atoms with Gasteiger partial charge in [0.25, 0.3) is 0 Å². The lowest BCUT2D eigenvalue weighted by molar-refractivity contribution is -0.000768. The number of carbonyl (C=O) groups is 1. The van der Waals surface area contributed by atoms with E-state index in [1.165, 1.54) is 0 Å². The summed E-state index contributed by atoms with van der Waals surface area (Å²) in [6.45, 7) is 0.960. The monoisotopic (exact) mass is 264 g/mol. The third-order valence-corrected chi connectivity index (χ3v) is 4.01. The molecule has 6 nitrogen and oxygen atoms in total. The zero-order valence-corrected chi connectivity index (χ0v) is 10.1. The molecule has 0 spiro atoms. The van der Waals surface area contributed by atoms with Crippen molar-refractivity contribution in [2.24, 2.45) is 0 Å². The molecule has 0 aromatic rings. The van der Waals surface area contributed by atoms with E-state index in [2.05, 4.69) is 0 Å². The summed E-state index contributed by atoms with van der Waals surface area (Å²) in [5, 5.41) is -0.668. The third kappa shape index (κ3) is 2.63. The Labute approximate surface area is 98.0 Å². The predicted molar refractivity (Wildman–Crippen MR) is 57.8 cm³/mol. The van der Waals surface area contributed by atoms with Crippen LogP contribution in [0, 0.1) is 0 Å². The summed E-state index contributed by atoms with van der Waals surface area (Å²) in [6, 6.07) is -0.620. The number of fused-ring (bicyclic) bond motifs is 1. The van der Waals surface area contributed by atoms with Gasteiger partial charge in [-0.05, 0) is 11.8 Å². The summed E-state index contributed by atoms with van der Waals surface area (Å²) in [6.07, 6.45) is -1.08. The summed E-state index contributed by atoms with van der Waals surface area (Å²) in [5.74, 6) is 0. The van der Waals surface area contributed by atoms with Crippen LogP contribution < -0.4 is 0 Å². The lowest BCUT2D eigenvalue weighted by Gasteiger charge is -2.17. The predicted octanol–water partition coefficient (Wildman–Crippen LogP) is 0.332. The van der Waals surface area contributed by atoms with E-state index in [1.54, 1.807) is 0 Å². The third-order valence-electron chi connectivity index (χ3n) is 2.29. The minimum Gasteiger partial charge on any atom is -0.450 e. The molecule has 16 heavy (non-hydrogen) atoms. The second kappa shape index (κ2) is 4.35. The molecule has 2 heterocycles. The number of carbonyl (C=O) groups excluding carboxylic acids is 1. The molecule has 2 rings (SSSR count). The Hall–Kier alpha value is -0.00506. The number of rotatable bonds is 3. The van der Waals surface area contributed by atoms with E-state index < -0.39 is 31.1 Å². The number of thioether (sulfide) groups is 1. The minimum atomic E-state index is -3.56. The minimum absolute atomic E-state index is 0.118. The maximum Gasteiger partial charge on any atom is 0.368 e. The topological polar surface area (TPSA) is 82.1 Å². The van der Waals surface area contributed by atoms with Gasteiger partial charge in [0.15, 0.2) is 0 Å². The van der Waals surface area contributed by atoms with Crippen molar-refractivity contribution >= 4 is 32.5 Å². The van der Waals surface area contributed by atoms with E-state index in [4.69, 9.17) is 26.7 Å². The fraction of sp³-hybridized carbons (Fsp3) is 0.857. The maximum atomic E-state index is 11.0. The first kappa shape index (κ1) is 12.5. The van der Waals surface area contributed by atoms with Gasteiger partial charge in [0.2, 0.25) is 0 Å². The molecule has 0 saturated carbocycles. The summed E-state index contributed by atoms with van der Waals surface area (Å²) < 4.78 is 26.0. The Balaban J connectivity index is 1.96. The Morgan fingerprint density at radius 2 is 2.38 bits per heavy atom. The van der Waals surface area contributed by atoms with Crippen LogP contribution in [0.3, 0.4) is 0 Å². The van der Waals surface area contributed by atoms with Crippen molar-refractivity contribution < 1.29 is 28.3 Å². The fourth-order valence-electron chi connectivity index (χ4n) is 1.63. The molecule has 9 heteroatoms. The molecule has 2 radical (unpaired) electrons. The van der Waals surface area contributed by atoms with Crippen molar-refractivity contribution in [2.45, 2.75) is 23.5 Å².